The van der Waals surface area contributed by atoms with Crippen LogP contribution in [0.3, 0.4) is 0 Å². The van der Waals surface area contributed by atoms with E-state index in [0.717, 1.165) is 29.9 Å². The second-order valence-electron chi connectivity index (χ2n) is 9.19. The zero-order chi connectivity index (χ0) is 22.9. The third-order valence-electron chi connectivity index (χ3n) is 6.17. The summed E-state index contributed by atoms with van der Waals surface area (Å²) >= 11 is 1.92. The highest BCUT2D eigenvalue weighted by Crippen LogP contribution is 2.21. The van der Waals surface area contributed by atoms with Gasteiger partial charge >= 0.3 is 5.69 Å². The molecule has 2 aromatic heterocycles. The first-order valence-corrected chi connectivity index (χ1v) is 14.5. The lowest BCUT2D eigenvalue weighted by molar-refractivity contribution is 0.523. The van der Waals surface area contributed by atoms with Gasteiger partial charge in [-0.05, 0) is 24.7 Å². The van der Waals surface area contributed by atoms with Crippen LogP contribution in [0, 0.1) is 0 Å². The first-order chi connectivity index (χ1) is 15.7. The first kappa shape index (κ1) is 27.0. The summed E-state index contributed by atoms with van der Waals surface area (Å²) in [5.41, 5.74) is 0.304. The molecule has 0 saturated heterocycles. The highest BCUT2D eigenvalue weighted by atomic mass is 32.2. The number of fused-ring (bicyclic) bond motifs is 1. The van der Waals surface area contributed by atoms with Gasteiger partial charge in [0.2, 0.25) is 5.71 Å². The fraction of sp³-hybridized carbons (Fsp3) is 0.778. The number of aromatic nitrogens is 2. The van der Waals surface area contributed by atoms with Crippen molar-refractivity contribution < 1.29 is 4.42 Å². The van der Waals surface area contributed by atoms with E-state index in [9.17, 15) is 4.79 Å². The molecule has 32 heavy (non-hydrogen) atoms. The van der Waals surface area contributed by atoms with E-state index in [2.05, 4.69) is 24.9 Å². The lowest BCUT2D eigenvalue weighted by Crippen LogP contribution is -2.22. The van der Waals surface area contributed by atoms with Crippen molar-refractivity contribution in [2.75, 3.05) is 5.75 Å². The van der Waals surface area contributed by atoms with Crippen molar-refractivity contribution in [2.24, 2.45) is 0 Å². The maximum atomic E-state index is 12.3. The zero-order valence-electron chi connectivity index (χ0n) is 20.7. The van der Waals surface area contributed by atoms with Crippen molar-refractivity contribution in [3.8, 4) is 0 Å². The maximum absolute atomic E-state index is 12.3. The molecule has 0 bridgehead atoms. The van der Waals surface area contributed by atoms with Gasteiger partial charge in [-0.25, -0.2) is 4.79 Å². The molecule has 2 rings (SSSR count). The Bertz CT molecular complexity index is 784. The number of furan rings is 1. The van der Waals surface area contributed by atoms with Crippen molar-refractivity contribution in [1.29, 1.82) is 0 Å². The van der Waals surface area contributed by atoms with Gasteiger partial charge in [0.1, 0.15) is 5.76 Å². The van der Waals surface area contributed by atoms with Crippen LogP contribution in [0.2, 0.25) is 0 Å². The number of thioether (sulfide) groups is 1. The zero-order valence-corrected chi connectivity index (χ0v) is 21.5. The molecule has 0 saturated carbocycles. The van der Waals surface area contributed by atoms with Crippen LogP contribution in [-0.4, -0.2) is 15.3 Å². The lowest BCUT2D eigenvalue weighted by atomic mass is 10.1. The fourth-order valence-corrected chi connectivity index (χ4v) is 5.06. The molecule has 2 heterocycles. The summed E-state index contributed by atoms with van der Waals surface area (Å²) in [5, 5.41) is 0.951. The number of aryl methyl sites for hydroxylation is 1. The van der Waals surface area contributed by atoms with Crippen LogP contribution >= 0.6 is 11.8 Å². The van der Waals surface area contributed by atoms with Gasteiger partial charge in [-0.2, -0.15) is 16.7 Å². The highest BCUT2D eigenvalue weighted by Gasteiger charge is 2.08. The van der Waals surface area contributed by atoms with Crippen LogP contribution in [0.5, 0.6) is 0 Å². The number of hydrogen-bond donors (Lipinski definition) is 0. The quantitative estimate of drug-likeness (QED) is 0.185. The molecule has 0 aliphatic heterocycles. The third-order valence-corrected chi connectivity index (χ3v) is 7.23. The van der Waals surface area contributed by atoms with Crippen molar-refractivity contribution in [3.63, 3.8) is 0 Å². The van der Waals surface area contributed by atoms with Gasteiger partial charge in [-0.3, -0.25) is 4.57 Å². The Morgan fingerprint density at radius 3 is 2.00 bits per heavy atom. The second kappa shape index (κ2) is 17.3. The topological polar surface area (TPSA) is 48.0 Å². The Morgan fingerprint density at radius 1 is 0.812 bits per heavy atom. The predicted octanol–water partition coefficient (Wildman–Crippen LogP) is 8.50. The first-order valence-electron chi connectivity index (χ1n) is 13.3. The summed E-state index contributed by atoms with van der Waals surface area (Å²) < 4.78 is 7.58. The molecule has 0 atom stereocenters. The van der Waals surface area contributed by atoms with E-state index in [1.54, 1.807) is 4.57 Å². The molecule has 0 N–H and O–H groups in total. The molecule has 0 amide bonds. The summed E-state index contributed by atoms with van der Waals surface area (Å²) in [7, 11) is 0. The largest absolute Gasteiger partial charge is 0.442 e. The normalized spacial score (nSPS) is 11.6. The van der Waals surface area contributed by atoms with E-state index < -0.39 is 0 Å². The fourth-order valence-electron chi connectivity index (χ4n) is 4.16. The molecule has 0 aliphatic rings. The molecule has 182 valence electrons. The van der Waals surface area contributed by atoms with E-state index in [1.807, 2.05) is 18.0 Å². The minimum atomic E-state index is -0.186. The van der Waals surface area contributed by atoms with Crippen molar-refractivity contribution in [1.82, 2.24) is 9.55 Å². The van der Waals surface area contributed by atoms with Gasteiger partial charge in [0.25, 0.3) is 0 Å². The molecule has 0 spiro atoms. The Balaban J connectivity index is 1.63. The molecule has 0 aliphatic carbocycles. The molecule has 0 fully saturated rings. The minimum absolute atomic E-state index is 0.186. The maximum Gasteiger partial charge on any atom is 0.350 e. The second-order valence-corrected chi connectivity index (χ2v) is 10.3. The molecule has 4 nitrogen and oxygen atoms in total. The van der Waals surface area contributed by atoms with Crippen molar-refractivity contribution in [3.05, 3.63) is 28.5 Å². The highest BCUT2D eigenvalue weighted by molar-refractivity contribution is 7.98. The number of unbranched alkanes of at least 4 members (excludes halogenated alkanes) is 14. The third kappa shape index (κ3) is 11.1. The van der Waals surface area contributed by atoms with Crippen LogP contribution in [0.25, 0.3) is 11.1 Å². The van der Waals surface area contributed by atoms with Crippen LogP contribution in [0.15, 0.2) is 21.5 Å². The van der Waals surface area contributed by atoms with Gasteiger partial charge in [0, 0.05) is 12.7 Å². The molecule has 0 aromatic carbocycles. The van der Waals surface area contributed by atoms with Crippen LogP contribution < -0.4 is 5.69 Å². The van der Waals surface area contributed by atoms with E-state index in [0.29, 0.717) is 5.71 Å². The average Bonchev–Trinajstić information content (AvgIpc) is 3.18. The molecule has 0 unspecified atom stereocenters. The summed E-state index contributed by atoms with van der Waals surface area (Å²) in [6, 6.07) is 2.06. The molecule has 2 aromatic rings. The van der Waals surface area contributed by atoms with E-state index in [1.165, 1.54) is 102 Å². The van der Waals surface area contributed by atoms with E-state index in [4.69, 9.17) is 4.42 Å². The standard InChI is InChI=1S/C27H46N2O2S/c1-3-5-7-9-11-12-13-14-15-17-19-29-22-24-21-25(31-26(24)28-27(29)30)23-32-20-18-16-10-8-6-4-2/h21-22H,3-20,23H2,1-2H3. The van der Waals surface area contributed by atoms with Gasteiger partial charge in [-0.1, -0.05) is 104 Å². The van der Waals surface area contributed by atoms with Crippen LogP contribution in [0.4, 0.5) is 0 Å². The lowest BCUT2D eigenvalue weighted by Gasteiger charge is -2.05. The SMILES string of the molecule is CCCCCCCCCCCCn1cc2cc(CSCCCCCCCC)oc2nc1=O. The number of rotatable bonds is 20. The molecular weight excluding hydrogens is 416 g/mol. The number of hydrogen-bond acceptors (Lipinski definition) is 4. The summed E-state index contributed by atoms with van der Waals surface area (Å²) in [6.07, 6.45) is 22.9. The van der Waals surface area contributed by atoms with Gasteiger partial charge in [0.15, 0.2) is 0 Å². The Labute approximate surface area is 200 Å². The number of nitrogens with zero attached hydrogens (tertiary/aromatic N) is 2. The van der Waals surface area contributed by atoms with Gasteiger partial charge in [-0.15, -0.1) is 0 Å². The Kier molecular flexibility index (Phi) is 14.6. The minimum Gasteiger partial charge on any atom is -0.442 e. The molecule has 5 heteroatoms. The summed E-state index contributed by atoms with van der Waals surface area (Å²) in [4.78, 5) is 16.5. The van der Waals surface area contributed by atoms with Crippen LogP contribution in [0.1, 0.15) is 122 Å². The van der Waals surface area contributed by atoms with Crippen molar-refractivity contribution >= 4 is 22.9 Å². The molecule has 0 radical (unpaired) electrons. The van der Waals surface area contributed by atoms with Crippen LogP contribution in [-0.2, 0) is 12.3 Å². The Hall–Kier alpha value is -1.23. The van der Waals surface area contributed by atoms with E-state index in [-0.39, 0.29) is 5.69 Å². The van der Waals surface area contributed by atoms with Crippen molar-refractivity contribution in [2.45, 2.75) is 129 Å². The Morgan fingerprint density at radius 2 is 1.38 bits per heavy atom. The predicted molar refractivity (Wildman–Crippen MR) is 140 cm³/mol. The van der Waals surface area contributed by atoms with E-state index >= 15 is 0 Å². The summed E-state index contributed by atoms with van der Waals surface area (Å²) in [5.74, 6) is 2.96. The van der Waals surface area contributed by atoms with Gasteiger partial charge in [0.05, 0.1) is 11.1 Å². The van der Waals surface area contributed by atoms with Gasteiger partial charge < -0.3 is 4.42 Å². The monoisotopic (exact) mass is 462 g/mol. The summed E-state index contributed by atoms with van der Waals surface area (Å²) in [6.45, 7) is 5.28. The molecular formula is C27H46N2O2S. The average molecular weight is 463 g/mol. The smallest absolute Gasteiger partial charge is 0.350 e.